The van der Waals surface area contributed by atoms with Gasteiger partial charge in [0.15, 0.2) is 0 Å². The predicted octanol–water partition coefficient (Wildman–Crippen LogP) is 3.64. The van der Waals surface area contributed by atoms with Gasteiger partial charge in [-0.15, -0.1) is 0 Å². The Balaban J connectivity index is 4.15. The Labute approximate surface area is 99.1 Å². The van der Waals surface area contributed by atoms with Crippen LogP contribution in [0.15, 0.2) is 0 Å². The minimum absolute atomic E-state index is 1.92. The summed E-state index contributed by atoms with van der Waals surface area (Å²) in [4.78, 5) is 0. The van der Waals surface area contributed by atoms with Crippen LogP contribution in [0.5, 0.6) is 0 Å². The third kappa shape index (κ3) is 5.81. The van der Waals surface area contributed by atoms with E-state index >= 15 is 0 Å². The van der Waals surface area contributed by atoms with Crippen LogP contribution in [0.4, 0.5) is 26.3 Å². The molecule has 0 aromatic rings. The Morgan fingerprint density at radius 1 is 0.769 bits per heavy atom. The van der Waals surface area contributed by atoms with E-state index in [0.29, 0.717) is 0 Å². The van der Waals surface area contributed by atoms with E-state index in [1.807, 2.05) is 0 Å². The van der Waals surface area contributed by atoms with Crippen molar-refractivity contribution in [1.82, 2.24) is 0 Å². The second kappa shape index (κ2) is 5.00. The maximum absolute atomic E-state index is 11.8. The van der Waals surface area contributed by atoms with E-state index in [-0.39, 0.29) is 0 Å². The fourth-order valence-corrected chi connectivity index (χ4v) is 14.9. The average Bonchev–Trinajstić information content (AvgIpc) is 1.82. The normalized spacial score (nSPS) is 17.8. The van der Waals surface area contributed by atoms with Crippen LogP contribution in [0.2, 0.25) is 0 Å². The quantitative estimate of drug-likeness (QED) is 0.294. The van der Waals surface area contributed by atoms with Crippen molar-refractivity contribution in [3.63, 3.8) is 0 Å². The summed E-state index contributed by atoms with van der Waals surface area (Å²) in [5.41, 5.74) is 0. The van der Waals surface area contributed by atoms with Crippen molar-refractivity contribution in [3.8, 4) is 0 Å². The van der Waals surface area contributed by atoms with Crippen LogP contribution in [0.3, 0.4) is 0 Å². The molecule has 0 N–H and O–H groups in total. The zero-order valence-corrected chi connectivity index (χ0v) is 14.6. The molecule has 0 saturated carbocycles. The third-order valence-corrected chi connectivity index (χ3v) is 15.5. The molecule has 76 valence electrons. The fraction of sp³-hybridized carbons (Fsp3) is 1.00. The van der Waals surface area contributed by atoms with Gasteiger partial charge in [0.2, 0.25) is 0 Å². The van der Waals surface area contributed by atoms with Crippen molar-refractivity contribution in [3.05, 3.63) is 0 Å². The van der Waals surface area contributed by atoms with Gasteiger partial charge < -0.3 is 0 Å². The Morgan fingerprint density at radius 2 is 1.00 bits per heavy atom. The number of hydrogen-bond donors (Lipinski definition) is 0. The molecule has 0 nitrogen and oxygen atoms in total. The monoisotopic (exact) mass is 524 g/mol. The molecule has 13 heavy (non-hydrogen) atoms. The minimum atomic E-state index is -4.56. The standard InChI is InChI=1S/2C2HBrF3.Hg/c2*3-1-2(4,5)6;/h2*1H;. The van der Waals surface area contributed by atoms with Gasteiger partial charge in [0.1, 0.15) is 0 Å². The number of hydrogen-bond acceptors (Lipinski definition) is 0. The number of halogens is 8. The summed E-state index contributed by atoms with van der Waals surface area (Å²) in [6.07, 6.45) is -9.11. The Morgan fingerprint density at radius 3 is 1.15 bits per heavy atom. The molecule has 0 rings (SSSR count). The van der Waals surface area contributed by atoms with Crippen molar-refractivity contribution in [1.29, 1.82) is 0 Å². The fourth-order valence-electron chi connectivity index (χ4n) is 0.449. The molecule has 0 amide bonds. The van der Waals surface area contributed by atoms with E-state index in [9.17, 15) is 26.3 Å². The van der Waals surface area contributed by atoms with Crippen LogP contribution in [0.25, 0.3) is 0 Å². The maximum atomic E-state index is 11.8. The first-order valence-electron chi connectivity index (χ1n) is 2.96. The van der Waals surface area contributed by atoms with E-state index in [2.05, 4.69) is 31.9 Å². The van der Waals surface area contributed by atoms with Gasteiger partial charge in [0.05, 0.1) is 0 Å². The van der Waals surface area contributed by atoms with E-state index in [1.165, 1.54) is 0 Å². The van der Waals surface area contributed by atoms with Crippen LogP contribution in [-0.4, -0.2) is 17.0 Å². The molecule has 0 spiro atoms. The van der Waals surface area contributed by atoms with E-state index in [0.717, 1.165) is 0 Å². The van der Waals surface area contributed by atoms with Crippen LogP contribution in [0.1, 0.15) is 0 Å². The molecule has 2 atom stereocenters. The van der Waals surface area contributed by atoms with Crippen LogP contribution in [0, 0.1) is 0 Å². The first kappa shape index (κ1) is 14.5. The van der Waals surface area contributed by atoms with E-state index < -0.39 is 41.6 Å². The van der Waals surface area contributed by atoms with Gasteiger partial charge in [-0.05, 0) is 0 Å². The van der Waals surface area contributed by atoms with Crippen molar-refractivity contribution in [2.45, 2.75) is 17.0 Å². The van der Waals surface area contributed by atoms with Crippen molar-refractivity contribution in [2.24, 2.45) is 0 Å². The first-order chi connectivity index (χ1) is 5.55. The third-order valence-electron chi connectivity index (χ3n) is 1.12. The van der Waals surface area contributed by atoms with Crippen LogP contribution >= 0.6 is 31.9 Å². The van der Waals surface area contributed by atoms with Crippen molar-refractivity contribution in [2.75, 3.05) is 0 Å². The average molecular weight is 524 g/mol. The molecule has 0 fully saturated rings. The Bertz CT molecular complexity index is 147. The van der Waals surface area contributed by atoms with Gasteiger partial charge in [-0.25, -0.2) is 0 Å². The molecule has 0 aromatic carbocycles. The molecule has 0 aliphatic rings. The molecule has 0 aliphatic carbocycles. The van der Waals surface area contributed by atoms with Crippen molar-refractivity contribution < 1.29 is 50.9 Å². The van der Waals surface area contributed by atoms with Gasteiger partial charge >= 0.3 is 99.8 Å². The molecular formula is C4H2Br2F6Hg. The van der Waals surface area contributed by atoms with Gasteiger partial charge in [-0.2, -0.15) is 0 Å². The summed E-state index contributed by atoms with van der Waals surface area (Å²) in [7, 11) is 0. The summed E-state index contributed by atoms with van der Waals surface area (Å²) in [6.45, 7) is 0. The van der Waals surface area contributed by atoms with Gasteiger partial charge in [0, 0.05) is 0 Å². The molecule has 0 radical (unpaired) electrons. The molecule has 0 aromatic heterocycles. The molecule has 0 heterocycles. The Hall–Kier alpha value is 1.48. The first-order valence-corrected chi connectivity index (χ1v) is 11.1. The summed E-state index contributed by atoms with van der Waals surface area (Å²) in [6, 6.07) is 0. The summed E-state index contributed by atoms with van der Waals surface area (Å²) < 4.78 is 67.1. The molecule has 2 unspecified atom stereocenters. The van der Waals surface area contributed by atoms with E-state index in [1.54, 1.807) is 0 Å². The van der Waals surface area contributed by atoms with Gasteiger partial charge in [-0.1, -0.05) is 0 Å². The predicted molar refractivity (Wildman–Crippen MR) is 37.5 cm³/mol. The summed E-state index contributed by atoms with van der Waals surface area (Å²) in [5.74, 6) is 0. The molecule has 0 saturated heterocycles. The summed E-state index contributed by atoms with van der Waals surface area (Å²) in [5, 5.41) is 0. The van der Waals surface area contributed by atoms with Crippen molar-refractivity contribution >= 4 is 31.9 Å². The van der Waals surface area contributed by atoms with Gasteiger partial charge in [0.25, 0.3) is 0 Å². The van der Waals surface area contributed by atoms with Crippen LogP contribution in [-0.2, 0) is 24.6 Å². The Kier molecular flexibility index (Phi) is 5.57. The number of rotatable bonds is 2. The molecule has 9 heteroatoms. The second-order valence-electron chi connectivity index (χ2n) is 2.25. The zero-order valence-electron chi connectivity index (χ0n) is 5.89. The molecular weight excluding hydrogens is 522 g/mol. The second-order valence-corrected chi connectivity index (χ2v) is 21.9. The molecule has 0 aliphatic heterocycles. The van der Waals surface area contributed by atoms with E-state index in [4.69, 9.17) is 0 Å². The zero-order chi connectivity index (χ0) is 10.9. The summed E-state index contributed by atoms with van der Waals surface area (Å²) >= 11 is 1.33. The molecule has 0 bridgehead atoms. The topological polar surface area (TPSA) is 0 Å². The van der Waals surface area contributed by atoms with Gasteiger partial charge in [-0.3, -0.25) is 0 Å². The number of alkyl halides is 8. The van der Waals surface area contributed by atoms with Crippen LogP contribution < -0.4 is 0 Å². The SMILES string of the molecule is FC(F)(F)[CH](Br)[Hg][CH](Br)C(F)(F)F.